The second-order valence-electron chi connectivity index (χ2n) is 2.99. The molecule has 0 amide bonds. The largest absolute Gasteiger partial charge is 0.497 e. The van der Waals surface area contributed by atoms with Crippen LogP contribution in [0.15, 0.2) is 41.5 Å². The molecule has 1 aromatic rings. The van der Waals surface area contributed by atoms with Gasteiger partial charge in [-0.3, -0.25) is 0 Å². The number of benzene rings is 1. The van der Waals surface area contributed by atoms with Crippen molar-refractivity contribution in [3.8, 4) is 5.75 Å². The lowest BCUT2D eigenvalue weighted by atomic mass is 10.2. The summed E-state index contributed by atoms with van der Waals surface area (Å²) in [7, 11) is 1.57. The highest BCUT2D eigenvalue weighted by atomic mass is 16.6. The summed E-state index contributed by atoms with van der Waals surface area (Å²) in [5.74, 6) is 0.445. The fourth-order valence-electron chi connectivity index (χ4n) is 1.22. The molecule has 4 heteroatoms. The molecule has 2 rings (SSSR count). The molecule has 0 atom stereocenters. The molecule has 0 saturated heterocycles. The molecular weight excluding hydrogens is 194 g/mol. The van der Waals surface area contributed by atoms with E-state index in [4.69, 9.17) is 9.47 Å². The summed E-state index contributed by atoms with van der Waals surface area (Å²) < 4.78 is 9.97. The normalized spacial score (nSPS) is 14.9. The Kier molecular flexibility index (Phi) is 2.25. The van der Waals surface area contributed by atoms with Crippen LogP contribution in [-0.4, -0.2) is 19.0 Å². The maximum Gasteiger partial charge on any atom is 0.363 e. The summed E-state index contributed by atoms with van der Waals surface area (Å²) in [6, 6.07) is 7.12. The molecule has 15 heavy (non-hydrogen) atoms. The SMILES string of the molecule is C=C1N=C(c2cccc(OC)c2)OC1=O. The number of carbonyl (C=O) groups is 1. The molecule has 0 unspecified atom stereocenters. The van der Waals surface area contributed by atoms with Gasteiger partial charge in [-0.05, 0) is 18.2 Å². The maximum atomic E-state index is 11.0. The number of hydrogen-bond donors (Lipinski definition) is 0. The van der Waals surface area contributed by atoms with Crippen molar-refractivity contribution in [1.29, 1.82) is 0 Å². The first-order valence-corrected chi connectivity index (χ1v) is 4.35. The highest BCUT2D eigenvalue weighted by Gasteiger charge is 2.22. The van der Waals surface area contributed by atoms with E-state index in [2.05, 4.69) is 11.6 Å². The summed E-state index contributed by atoms with van der Waals surface area (Å²) >= 11 is 0. The van der Waals surface area contributed by atoms with Crippen LogP contribution in [0.25, 0.3) is 0 Å². The van der Waals surface area contributed by atoms with Gasteiger partial charge in [0.05, 0.1) is 7.11 Å². The van der Waals surface area contributed by atoms with Crippen LogP contribution in [0, 0.1) is 0 Å². The standard InChI is InChI=1S/C11H9NO3/c1-7-11(13)15-10(12-7)8-4-3-5-9(6-8)14-2/h3-6H,1H2,2H3. The van der Waals surface area contributed by atoms with E-state index < -0.39 is 5.97 Å². The summed E-state index contributed by atoms with van der Waals surface area (Å²) in [6.45, 7) is 3.46. The van der Waals surface area contributed by atoms with Crippen molar-refractivity contribution in [3.63, 3.8) is 0 Å². The average molecular weight is 203 g/mol. The molecule has 1 aromatic carbocycles. The Morgan fingerprint density at radius 2 is 2.27 bits per heavy atom. The number of esters is 1. The first kappa shape index (κ1) is 9.45. The van der Waals surface area contributed by atoms with Gasteiger partial charge < -0.3 is 9.47 Å². The number of cyclic esters (lactones) is 1. The summed E-state index contributed by atoms with van der Waals surface area (Å²) in [5, 5.41) is 0. The predicted octanol–water partition coefficient (Wildman–Crippen LogP) is 1.51. The molecule has 0 radical (unpaired) electrons. The number of nitrogens with zero attached hydrogens (tertiary/aromatic N) is 1. The van der Waals surface area contributed by atoms with Crippen LogP contribution in [0.2, 0.25) is 0 Å². The third kappa shape index (κ3) is 1.74. The van der Waals surface area contributed by atoms with Crippen molar-refractivity contribution in [2.45, 2.75) is 0 Å². The van der Waals surface area contributed by atoms with Gasteiger partial charge in [-0.2, -0.15) is 0 Å². The van der Waals surface area contributed by atoms with Gasteiger partial charge >= 0.3 is 5.97 Å². The van der Waals surface area contributed by atoms with E-state index in [0.717, 1.165) is 0 Å². The lowest BCUT2D eigenvalue weighted by Gasteiger charge is -2.02. The zero-order valence-electron chi connectivity index (χ0n) is 8.19. The summed E-state index contributed by atoms with van der Waals surface area (Å²) in [4.78, 5) is 15.0. The molecule has 4 nitrogen and oxygen atoms in total. The van der Waals surface area contributed by atoms with Crippen LogP contribution in [-0.2, 0) is 9.53 Å². The lowest BCUT2D eigenvalue weighted by molar-refractivity contribution is -0.129. The third-order valence-corrected chi connectivity index (χ3v) is 1.98. The van der Waals surface area contributed by atoms with Crippen molar-refractivity contribution in [2.24, 2.45) is 4.99 Å². The van der Waals surface area contributed by atoms with Crippen molar-refractivity contribution >= 4 is 11.9 Å². The Morgan fingerprint density at radius 1 is 1.47 bits per heavy atom. The van der Waals surface area contributed by atoms with E-state index in [1.54, 1.807) is 31.4 Å². The minimum atomic E-state index is -0.507. The van der Waals surface area contributed by atoms with Crippen LogP contribution in [0.3, 0.4) is 0 Å². The minimum Gasteiger partial charge on any atom is -0.497 e. The molecule has 76 valence electrons. The first-order chi connectivity index (χ1) is 7.20. The Morgan fingerprint density at radius 3 is 2.87 bits per heavy atom. The van der Waals surface area contributed by atoms with Crippen LogP contribution in [0.4, 0.5) is 0 Å². The van der Waals surface area contributed by atoms with Gasteiger partial charge in [0.15, 0.2) is 0 Å². The van der Waals surface area contributed by atoms with Crippen LogP contribution in [0.5, 0.6) is 5.75 Å². The van der Waals surface area contributed by atoms with E-state index in [-0.39, 0.29) is 11.6 Å². The van der Waals surface area contributed by atoms with Crippen molar-refractivity contribution < 1.29 is 14.3 Å². The van der Waals surface area contributed by atoms with E-state index in [9.17, 15) is 4.79 Å². The zero-order valence-corrected chi connectivity index (χ0v) is 8.19. The Labute approximate surface area is 86.8 Å². The van der Waals surface area contributed by atoms with E-state index in [1.807, 2.05) is 0 Å². The maximum absolute atomic E-state index is 11.0. The van der Waals surface area contributed by atoms with E-state index >= 15 is 0 Å². The first-order valence-electron chi connectivity index (χ1n) is 4.35. The van der Waals surface area contributed by atoms with Gasteiger partial charge in [0.1, 0.15) is 11.4 Å². The molecule has 0 bridgehead atoms. The Balaban J connectivity index is 2.35. The summed E-state index contributed by atoms with van der Waals surface area (Å²) in [6.07, 6.45) is 0. The number of rotatable bonds is 2. The monoisotopic (exact) mass is 203 g/mol. The lowest BCUT2D eigenvalue weighted by Crippen LogP contribution is -2.05. The number of hydrogen-bond acceptors (Lipinski definition) is 4. The van der Waals surface area contributed by atoms with Crippen LogP contribution in [0.1, 0.15) is 5.56 Å². The molecule has 1 heterocycles. The quantitative estimate of drug-likeness (QED) is 0.540. The highest BCUT2D eigenvalue weighted by Crippen LogP contribution is 2.18. The smallest absolute Gasteiger partial charge is 0.363 e. The highest BCUT2D eigenvalue weighted by molar-refractivity contribution is 6.10. The van der Waals surface area contributed by atoms with Crippen LogP contribution < -0.4 is 4.74 Å². The van der Waals surface area contributed by atoms with Crippen LogP contribution >= 0.6 is 0 Å². The molecule has 0 spiro atoms. The number of aliphatic imine (C=N–C) groups is 1. The fraction of sp³-hybridized carbons (Fsp3) is 0.0909. The molecule has 1 aliphatic heterocycles. The van der Waals surface area contributed by atoms with E-state index in [1.165, 1.54) is 0 Å². The van der Waals surface area contributed by atoms with Gasteiger partial charge in [0.2, 0.25) is 5.90 Å². The summed E-state index contributed by atoms with van der Waals surface area (Å²) in [5.41, 5.74) is 0.814. The molecule has 0 saturated carbocycles. The Hall–Kier alpha value is -2.10. The minimum absolute atomic E-state index is 0.118. The van der Waals surface area contributed by atoms with Gasteiger partial charge in [0, 0.05) is 5.56 Å². The Bertz CT molecular complexity index is 463. The second kappa shape index (κ2) is 3.57. The predicted molar refractivity (Wildman–Crippen MR) is 54.8 cm³/mol. The second-order valence-corrected chi connectivity index (χ2v) is 2.99. The van der Waals surface area contributed by atoms with Gasteiger partial charge in [-0.25, -0.2) is 9.79 Å². The van der Waals surface area contributed by atoms with Crippen molar-refractivity contribution in [1.82, 2.24) is 0 Å². The molecule has 0 aromatic heterocycles. The van der Waals surface area contributed by atoms with Crippen molar-refractivity contribution in [3.05, 3.63) is 42.1 Å². The fourth-order valence-corrected chi connectivity index (χ4v) is 1.22. The van der Waals surface area contributed by atoms with Gasteiger partial charge in [-0.15, -0.1) is 0 Å². The third-order valence-electron chi connectivity index (χ3n) is 1.98. The molecule has 1 aliphatic rings. The number of ether oxygens (including phenoxy) is 2. The molecule has 0 N–H and O–H groups in total. The zero-order chi connectivity index (χ0) is 10.8. The average Bonchev–Trinajstić information content (AvgIpc) is 2.59. The topological polar surface area (TPSA) is 47.9 Å². The van der Waals surface area contributed by atoms with Gasteiger partial charge in [-0.1, -0.05) is 12.6 Å². The van der Waals surface area contributed by atoms with Gasteiger partial charge in [0.25, 0.3) is 0 Å². The molecular formula is C11H9NO3. The molecule has 0 aliphatic carbocycles. The molecule has 0 fully saturated rings. The van der Waals surface area contributed by atoms with E-state index in [0.29, 0.717) is 11.3 Å². The van der Waals surface area contributed by atoms with Crippen molar-refractivity contribution in [2.75, 3.05) is 7.11 Å². The number of methoxy groups -OCH3 is 1. The number of carbonyl (C=O) groups excluding carboxylic acids is 1.